The minimum absolute atomic E-state index is 0.0611. The fraction of sp³-hybridized carbons (Fsp3) is 0.900. The second kappa shape index (κ2) is 5.22. The molecular weight excluding hydrogens is 237 g/mol. The Morgan fingerprint density at radius 2 is 2.00 bits per heavy atom. The molecule has 100 valence electrons. The van der Waals surface area contributed by atoms with Crippen LogP contribution in [0.15, 0.2) is 0 Å². The maximum absolute atomic E-state index is 12.3. The van der Waals surface area contributed by atoms with Gasteiger partial charge < -0.3 is 15.7 Å². The Morgan fingerprint density at radius 1 is 1.41 bits per heavy atom. The average molecular weight is 254 g/mol. The van der Waals surface area contributed by atoms with Crippen LogP contribution in [0.5, 0.6) is 0 Å². The molecule has 0 heterocycles. The molecule has 0 aliphatic heterocycles. The van der Waals surface area contributed by atoms with Gasteiger partial charge in [-0.25, -0.2) is 0 Å². The summed E-state index contributed by atoms with van der Waals surface area (Å²) in [5.74, 6) is -0.586. The predicted molar refractivity (Wildman–Crippen MR) is 55.1 cm³/mol. The van der Waals surface area contributed by atoms with Crippen molar-refractivity contribution in [2.45, 2.75) is 25.4 Å². The van der Waals surface area contributed by atoms with Gasteiger partial charge in [0.1, 0.15) is 6.54 Å². The number of hydrogen-bond acceptors (Lipinski definition) is 3. The zero-order valence-corrected chi connectivity index (χ0v) is 9.46. The van der Waals surface area contributed by atoms with Gasteiger partial charge in [-0.05, 0) is 12.8 Å². The molecule has 0 unspecified atom stereocenters. The number of amides is 1. The van der Waals surface area contributed by atoms with Crippen LogP contribution in [0.1, 0.15) is 19.3 Å². The fourth-order valence-electron chi connectivity index (χ4n) is 2.03. The van der Waals surface area contributed by atoms with Crippen molar-refractivity contribution in [3.63, 3.8) is 0 Å². The SMILES string of the molecule is NCC1(C(=O)N(CCO)CC(F)(F)F)CCC1. The van der Waals surface area contributed by atoms with E-state index in [9.17, 15) is 18.0 Å². The molecule has 0 radical (unpaired) electrons. The molecule has 0 atom stereocenters. The van der Waals surface area contributed by atoms with Gasteiger partial charge >= 0.3 is 6.18 Å². The lowest BCUT2D eigenvalue weighted by Crippen LogP contribution is -2.54. The zero-order valence-electron chi connectivity index (χ0n) is 9.46. The lowest BCUT2D eigenvalue weighted by molar-refractivity contribution is -0.171. The molecule has 0 bridgehead atoms. The van der Waals surface area contributed by atoms with E-state index < -0.39 is 30.7 Å². The van der Waals surface area contributed by atoms with Crippen LogP contribution in [0.3, 0.4) is 0 Å². The molecular formula is C10H17F3N2O2. The quantitative estimate of drug-likeness (QED) is 0.750. The third kappa shape index (κ3) is 3.32. The number of carbonyl (C=O) groups excluding carboxylic acids is 1. The smallest absolute Gasteiger partial charge is 0.395 e. The normalized spacial score (nSPS) is 18.6. The van der Waals surface area contributed by atoms with Crippen LogP contribution in [0.25, 0.3) is 0 Å². The van der Waals surface area contributed by atoms with Gasteiger partial charge in [0.05, 0.1) is 12.0 Å². The monoisotopic (exact) mass is 254 g/mol. The van der Waals surface area contributed by atoms with Crippen molar-refractivity contribution in [1.82, 2.24) is 4.90 Å². The largest absolute Gasteiger partial charge is 0.406 e. The Balaban J connectivity index is 2.72. The first-order valence-electron chi connectivity index (χ1n) is 5.52. The van der Waals surface area contributed by atoms with Crippen molar-refractivity contribution in [1.29, 1.82) is 0 Å². The standard InChI is InChI=1S/C10H17F3N2O2/c11-10(12,13)7-15(4-5-16)8(17)9(6-14)2-1-3-9/h16H,1-7,14H2. The van der Waals surface area contributed by atoms with Crippen molar-refractivity contribution in [3.05, 3.63) is 0 Å². The van der Waals surface area contributed by atoms with E-state index in [0.717, 1.165) is 6.42 Å². The summed E-state index contributed by atoms with van der Waals surface area (Å²) in [5, 5.41) is 8.72. The Labute approximate surface area is 97.6 Å². The number of carbonyl (C=O) groups is 1. The summed E-state index contributed by atoms with van der Waals surface area (Å²) in [6, 6.07) is 0. The van der Waals surface area contributed by atoms with Crippen LogP contribution < -0.4 is 5.73 Å². The summed E-state index contributed by atoms with van der Waals surface area (Å²) in [6.07, 6.45) is -2.59. The number of hydrogen-bond donors (Lipinski definition) is 2. The van der Waals surface area contributed by atoms with Gasteiger partial charge in [0.15, 0.2) is 0 Å². The minimum Gasteiger partial charge on any atom is -0.395 e. The molecule has 0 spiro atoms. The summed E-state index contributed by atoms with van der Waals surface area (Å²) >= 11 is 0. The highest BCUT2D eigenvalue weighted by Gasteiger charge is 2.46. The van der Waals surface area contributed by atoms with Crippen molar-refractivity contribution in [2.75, 3.05) is 26.2 Å². The first-order chi connectivity index (χ1) is 7.84. The fourth-order valence-corrected chi connectivity index (χ4v) is 2.03. The molecule has 4 nitrogen and oxygen atoms in total. The number of aliphatic hydroxyl groups is 1. The first-order valence-corrected chi connectivity index (χ1v) is 5.52. The molecule has 0 aromatic carbocycles. The van der Waals surface area contributed by atoms with E-state index in [1.807, 2.05) is 0 Å². The van der Waals surface area contributed by atoms with Crippen LogP contribution in [-0.2, 0) is 4.79 Å². The van der Waals surface area contributed by atoms with Crippen molar-refractivity contribution in [3.8, 4) is 0 Å². The lowest BCUT2D eigenvalue weighted by Gasteiger charge is -2.42. The van der Waals surface area contributed by atoms with Gasteiger partial charge in [-0.2, -0.15) is 13.2 Å². The third-order valence-corrected chi connectivity index (χ3v) is 3.18. The molecule has 1 fully saturated rings. The van der Waals surface area contributed by atoms with Crippen LogP contribution >= 0.6 is 0 Å². The maximum Gasteiger partial charge on any atom is 0.406 e. The molecule has 1 rings (SSSR count). The second-order valence-electron chi connectivity index (χ2n) is 4.40. The number of alkyl halides is 3. The van der Waals surface area contributed by atoms with Crippen LogP contribution in [0.2, 0.25) is 0 Å². The molecule has 1 saturated carbocycles. The van der Waals surface area contributed by atoms with E-state index >= 15 is 0 Å². The van der Waals surface area contributed by atoms with E-state index in [0.29, 0.717) is 17.7 Å². The molecule has 0 saturated heterocycles. The molecule has 1 amide bonds. The summed E-state index contributed by atoms with van der Waals surface area (Å²) < 4.78 is 36.9. The number of halogens is 3. The molecule has 17 heavy (non-hydrogen) atoms. The Kier molecular flexibility index (Phi) is 4.37. The summed E-state index contributed by atoms with van der Waals surface area (Å²) in [6.45, 7) is -2.05. The number of nitrogens with two attached hydrogens (primary N) is 1. The van der Waals surface area contributed by atoms with Crippen LogP contribution in [-0.4, -0.2) is 48.3 Å². The molecule has 1 aliphatic carbocycles. The van der Waals surface area contributed by atoms with E-state index in [1.54, 1.807) is 0 Å². The second-order valence-corrected chi connectivity index (χ2v) is 4.40. The molecule has 1 aliphatic rings. The minimum atomic E-state index is -4.45. The predicted octanol–water partition coefficient (Wildman–Crippen LogP) is 0.499. The van der Waals surface area contributed by atoms with Gasteiger partial charge in [0.2, 0.25) is 5.91 Å². The topological polar surface area (TPSA) is 66.6 Å². The van der Waals surface area contributed by atoms with E-state index in [1.165, 1.54) is 0 Å². The van der Waals surface area contributed by atoms with Crippen molar-refractivity contribution < 1.29 is 23.1 Å². The number of rotatable bonds is 5. The van der Waals surface area contributed by atoms with E-state index in [-0.39, 0.29) is 13.1 Å². The Morgan fingerprint density at radius 3 is 2.29 bits per heavy atom. The molecule has 0 aromatic heterocycles. The average Bonchev–Trinajstić information content (AvgIpc) is 2.14. The summed E-state index contributed by atoms with van der Waals surface area (Å²) in [4.78, 5) is 12.6. The van der Waals surface area contributed by atoms with E-state index in [2.05, 4.69) is 0 Å². The van der Waals surface area contributed by atoms with E-state index in [4.69, 9.17) is 10.8 Å². The highest BCUT2D eigenvalue weighted by atomic mass is 19.4. The van der Waals surface area contributed by atoms with Crippen molar-refractivity contribution >= 4 is 5.91 Å². The molecule has 7 heteroatoms. The van der Waals surface area contributed by atoms with Gasteiger partial charge in [-0.1, -0.05) is 6.42 Å². The molecule has 0 aromatic rings. The van der Waals surface area contributed by atoms with Crippen molar-refractivity contribution in [2.24, 2.45) is 11.1 Å². The van der Waals surface area contributed by atoms with Gasteiger partial charge in [-0.15, -0.1) is 0 Å². The Hall–Kier alpha value is -0.820. The number of aliphatic hydroxyl groups excluding tert-OH is 1. The third-order valence-electron chi connectivity index (χ3n) is 3.18. The summed E-state index contributed by atoms with van der Waals surface area (Å²) in [7, 11) is 0. The van der Waals surface area contributed by atoms with Gasteiger partial charge in [-0.3, -0.25) is 4.79 Å². The maximum atomic E-state index is 12.3. The lowest BCUT2D eigenvalue weighted by atomic mass is 9.68. The Bertz CT molecular complexity index is 272. The number of nitrogens with zero attached hydrogens (tertiary/aromatic N) is 1. The zero-order chi connectivity index (χ0) is 13.1. The highest BCUT2D eigenvalue weighted by molar-refractivity contribution is 5.84. The molecule has 3 N–H and O–H groups in total. The van der Waals surface area contributed by atoms with Crippen LogP contribution in [0, 0.1) is 5.41 Å². The highest BCUT2D eigenvalue weighted by Crippen LogP contribution is 2.41. The van der Waals surface area contributed by atoms with Gasteiger partial charge in [0.25, 0.3) is 0 Å². The summed E-state index contributed by atoms with van der Waals surface area (Å²) in [5.41, 5.74) is 4.64. The first kappa shape index (κ1) is 14.2. The van der Waals surface area contributed by atoms with Crippen LogP contribution in [0.4, 0.5) is 13.2 Å². The van der Waals surface area contributed by atoms with Gasteiger partial charge in [0, 0.05) is 13.1 Å².